The van der Waals surface area contributed by atoms with Gasteiger partial charge in [0.1, 0.15) is 4.21 Å². The highest BCUT2D eigenvalue weighted by Crippen LogP contribution is 2.19. The molecule has 0 aliphatic heterocycles. The molecule has 1 aromatic heterocycles. The van der Waals surface area contributed by atoms with E-state index >= 15 is 0 Å². The highest BCUT2D eigenvalue weighted by molar-refractivity contribution is 7.91. The lowest BCUT2D eigenvalue weighted by molar-refractivity contribution is 0.169. The van der Waals surface area contributed by atoms with E-state index in [-0.39, 0.29) is 4.21 Å². The maximum Gasteiger partial charge on any atom is 0.422 e. The van der Waals surface area contributed by atoms with Gasteiger partial charge in [-0.25, -0.2) is 18.6 Å². The van der Waals surface area contributed by atoms with E-state index in [0.717, 1.165) is 23.3 Å². The minimum absolute atomic E-state index is 0.136. The van der Waals surface area contributed by atoms with Crippen molar-refractivity contribution in [3.8, 4) is 0 Å². The van der Waals surface area contributed by atoms with Crippen molar-refractivity contribution in [3.05, 3.63) is 17.0 Å². The molecular formula is C7H10N2O4S2. The number of aryl methyl sites for hydroxylation is 1. The van der Waals surface area contributed by atoms with Crippen LogP contribution in [0.4, 0.5) is 4.79 Å². The molecule has 0 fully saturated rings. The summed E-state index contributed by atoms with van der Waals surface area (Å²) in [5.74, 6) is 0. The van der Waals surface area contributed by atoms with Crippen LogP contribution in [0.2, 0.25) is 0 Å². The van der Waals surface area contributed by atoms with Crippen LogP contribution in [0.25, 0.3) is 0 Å². The van der Waals surface area contributed by atoms with Crippen molar-refractivity contribution in [2.24, 2.45) is 0 Å². The highest BCUT2D eigenvalue weighted by atomic mass is 32.2. The number of carbonyl (C=O) groups excluding carboxylic acids is 1. The summed E-state index contributed by atoms with van der Waals surface area (Å²) in [6.45, 7) is 1.79. The zero-order valence-corrected chi connectivity index (χ0v) is 9.74. The lowest BCUT2D eigenvalue weighted by Crippen LogP contribution is -2.41. The summed E-state index contributed by atoms with van der Waals surface area (Å²) in [7, 11) is -2.55. The van der Waals surface area contributed by atoms with E-state index in [1.54, 1.807) is 13.0 Å². The van der Waals surface area contributed by atoms with Gasteiger partial charge in [-0.2, -0.15) is 0 Å². The average Bonchev–Trinajstić information content (AvgIpc) is 2.62. The van der Waals surface area contributed by atoms with E-state index in [0.29, 0.717) is 0 Å². The van der Waals surface area contributed by atoms with Crippen molar-refractivity contribution in [1.29, 1.82) is 0 Å². The Bertz CT molecular complexity index is 451. The van der Waals surface area contributed by atoms with Crippen LogP contribution in [0.15, 0.2) is 16.3 Å². The molecule has 2 N–H and O–H groups in total. The Morgan fingerprint density at radius 2 is 2.13 bits per heavy atom. The first kappa shape index (κ1) is 12.0. The predicted octanol–water partition coefficient (Wildman–Crippen LogP) is 0.606. The molecule has 0 radical (unpaired) electrons. The molecular weight excluding hydrogens is 240 g/mol. The topological polar surface area (TPSA) is 84.5 Å². The molecule has 1 aromatic rings. The fraction of sp³-hybridized carbons (Fsp3) is 0.286. The maximum absolute atomic E-state index is 11.5. The number of carbonyl (C=O) groups is 1. The smallest absolute Gasteiger partial charge is 0.422 e. The Morgan fingerprint density at radius 3 is 2.60 bits per heavy atom. The van der Waals surface area contributed by atoms with Crippen LogP contribution in [0.5, 0.6) is 0 Å². The van der Waals surface area contributed by atoms with Crippen molar-refractivity contribution in [3.63, 3.8) is 0 Å². The fourth-order valence-corrected chi connectivity index (χ4v) is 2.88. The Morgan fingerprint density at radius 1 is 1.47 bits per heavy atom. The number of thiophene rings is 1. The molecule has 0 aliphatic rings. The van der Waals surface area contributed by atoms with Crippen LogP contribution in [0.3, 0.4) is 0 Å². The lowest BCUT2D eigenvalue weighted by Gasteiger charge is -2.04. The number of hydrazine groups is 1. The summed E-state index contributed by atoms with van der Waals surface area (Å²) < 4.78 is 27.3. The highest BCUT2D eigenvalue weighted by Gasteiger charge is 2.16. The van der Waals surface area contributed by atoms with Gasteiger partial charge < -0.3 is 4.74 Å². The molecule has 0 aliphatic carbocycles. The monoisotopic (exact) mass is 250 g/mol. The van der Waals surface area contributed by atoms with Gasteiger partial charge in [-0.3, -0.25) is 0 Å². The van der Waals surface area contributed by atoms with Crippen LogP contribution in [-0.4, -0.2) is 21.6 Å². The Balaban J connectivity index is 2.72. The Kier molecular flexibility index (Phi) is 3.66. The second kappa shape index (κ2) is 4.60. The van der Waals surface area contributed by atoms with Gasteiger partial charge in [-0.05, 0) is 19.1 Å². The van der Waals surface area contributed by atoms with Crippen molar-refractivity contribution in [2.45, 2.75) is 11.1 Å². The second-order valence-corrected chi connectivity index (χ2v) is 5.78. The van der Waals surface area contributed by atoms with Gasteiger partial charge in [0.25, 0.3) is 10.0 Å². The number of amides is 1. The molecule has 84 valence electrons. The molecule has 1 rings (SSSR count). The van der Waals surface area contributed by atoms with E-state index in [1.165, 1.54) is 6.07 Å². The van der Waals surface area contributed by atoms with E-state index in [2.05, 4.69) is 4.74 Å². The van der Waals surface area contributed by atoms with Crippen LogP contribution in [0.1, 0.15) is 4.88 Å². The van der Waals surface area contributed by atoms with Gasteiger partial charge in [0.15, 0.2) is 0 Å². The van der Waals surface area contributed by atoms with E-state index in [4.69, 9.17) is 0 Å². The molecule has 0 saturated carbocycles. The summed E-state index contributed by atoms with van der Waals surface area (Å²) in [5, 5.41) is 0. The molecule has 15 heavy (non-hydrogen) atoms. The summed E-state index contributed by atoms with van der Waals surface area (Å²) in [6, 6.07) is 3.14. The van der Waals surface area contributed by atoms with Crippen molar-refractivity contribution < 1.29 is 17.9 Å². The molecule has 0 aromatic carbocycles. The zero-order valence-electron chi connectivity index (χ0n) is 8.10. The molecule has 8 heteroatoms. The molecule has 0 atom stereocenters. The fourth-order valence-electron chi connectivity index (χ4n) is 0.767. The first-order valence-corrected chi connectivity index (χ1v) is 6.18. The zero-order chi connectivity index (χ0) is 11.5. The number of ether oxygens (including phenoxy) is 1. The van der Waals surface area contributed by atoms with Gasteiger partial charge in [0.2, 0.25) is 0 Å². The van der Waals surface area contributed by atoms with E-state index in [1.807, 2.05) is 10.3 Å². The standard InChI is InChI=1S/C7H10N2O4S2/c1-5-3-4-6(14-5)15(11,12)9-8-7(10)13-2/h3-4,9H,1-2H3,(H,8,10). The molecule has 0 spiro atoms. The minimum atomic E-state index is -3.69. The molecule has 0 unspecified atom stereocenters. The van der Waals surface area contributed by atoms with Crippen LogP contribution < -0.4 is 10.3 Å². The quantitative estimate of drug-likeness (QED) is 0.770. The predicted molar refractivity (Wildman–Crippen MR) is 54.9 cm³/mol. The summed E-state index contributed by atoms with van der Waals surface area (Å²) in [4.78, 5) is 13.4. The summed E-state index contributed by atoms with van der Waals surface area (Å²) >= 11 is 1.11. The Labute approximate surface area is 91.3 Å². The van der Waals surface area contributed by atoms with Gasteiger partial charge in [0, 0.05) is 4.88 Å². The first-order chi connectivity index (χ1) is 6.95. The largest absolute Gasteiger partial charge is 0.452 e. The molecule has 0 bridgehead atoms. The van der Waals surface area contributed by atoms with Crippen LogP contribution >= 0.6 is 11.3 Å². The average molecular weight is 250 g/mol. The van der Waals surface area contributed by atoms with Crippen LogP contribution in [0, 0.1) is 6.92 Å². The van der Waals surface area contributed by atoms with E-state index < -0.39 is 16.1 Å². The third-order valence-electron chi connectivity index (χ3n) is 1.45. The molecule has 6 nitrogen and oxygen atoms in total. The Hall–Kier alpha value is -1.12. The van der Waals surface area contributed by atoms with Gasteiger partial charge in [-0.1, -0.05) is 0 Å². The first-order valence-electron chi connectivity index (χ1n) is 3.88. The number of rotatable bonds is 3. The SMILES string of the molecule is COC(=O)NNS(=O)(=O)c1ccc(C)s1. The minimum Gasteiger partial charge on any atom is -0.452 e. The second-order valence-electron chi connectivity index (χ2n) is 2.59. The van der Waals surface area contributed by atoms with Crippen molar-refractivity contribution >= 4 is 27.5 Å². The van der Waals surface area contributed by atoms with Crippen LogP contribution in [-0.2, 0) is 14.8 Å². The van der Waals surface area contributed by atoms with Gasteiger partial charge >= 0.3 is 6.09 Å². The normalized spacial score (nSPS) is 11.1. The third kappa shape index (κ3) is 3.18. The maximum atomic E-state index is 11.5. The van der Waals surface area contributed by atoms with E-state index in [9.17, 15) is 13.2 Å². The molecule has 1 heterocycles. The van der Waals surface area contributed by atoms with Gasteiger partial charge in [0.05, 0.1) is 7.11 Å². The van der Waals surface area contributed by atoms with Crippen molar-refractivity contribution in [2.75, 3.05) is 7.11 Å². The lowest BCUT2D eigenvalue weighted by atomic mass is 10.5. The number of nitrogens with one attached hydrogen (secondary N) is 2. The number of hydrogen-bond acceptors (Lipinski definition) is 5. The number of methoxy groups -OCH3 is 1. The third-order valence-corrected chi connectivity index (χ3v) is 4.19. The number of hydrogen-bond donors (Lipinski definition) is 2. The van der Waals surface area contributed by atoms with Gasteiger partial charge in [-0.15, -0.1) is 16.2 Å². The number of sulfonamides is 1. The van der Waals surface area contributed by atoms with Crippen molar-refractivity contribution in [1.82, 2.24) is 10.3 Å². The summed E-state index contributed by atoms with van der Waals surface area (Å²) in [6.07, 6.45) is -0.869. The summed E-state index contributed by atoms with van der Waals surface area (Å²) in [5.41, 5.74) is 1.89. The molecule has 1 amide bonds. The molecule has 0 saturated heterocycles.